The number of hydrogen-bond acceptors (Lipinski definition) is 2. The maximum absolute atomic E-state index is 6.44. The van der Waals surface area contributed by atoms with Crippen LogP contribution in [-0.2, 0) is 7.05 Å². The zero-order valence-electron chi connectivity index (χ0n) is 11.7. The normalized spacial score (nSPS) is 11.6. The molecule has 0 radical (unpaired) electrons. The van der Waals surface area contributed by atoms with Crippen LogP contribution in [0.3, 0.4) is 0 Å². The number of fused-ring (bicyclic) bond motifs is 2. The Morgan fingerprint density at radius 3 is 2.90 bits per heavy atom. The molecule has 0 bridgehead atoms. The number of imidazole rings is 1. The van der Waals surface area contributed by atoms with Crippen molar-refractivity contribution in [2.75, 3.05) is 0 Å². The minimum atomic E-state index is 0.681. The molecule has 1 N–H and O–H groups in total. The smallest absolute Gasteiger partial charge is 0.142 e. The van der Waals surface area contributed by atoms with Crippen LogP contribution in [0, 0.1) is 6.92 Å². The van der Waals surface area contributed by atoms with Gasteiger partial charge < -0.3 is 4.57 Å². The first-order chi connectivity index (χ1) is 10.1. The van der Waals surface area contributed by atoms with Crippen molar-refractivity contribution in [3.63, 3.8) is 0 Å². The highest BCUT2D eigenvalue weighted by Crippen LogP contribution is 2.33. The zero-order chi connectivity index (χ0) is 14.6. The van der Waals surface area contributed by atoms with Gasteiger partial charge in [0.05, 0.1) is 27.8 Å². The molecular formula is C16H13ClN4. The van der Waals surface area contributed by atoms with Crippen molar-refractivity contribution in [3.05, 3.63) is 47.1 Å². The minimum absolute atomic E-state index is 0.681. The van der Waals surface area contributed by atoms with Crippen LogP contribution in [0.5, 0.6) is 0 Å². The van der Waals surface area contributed by atoms with Gasteiger partial charge in [-0.15, -0.1) is 0 Å². The quantitative estimate of drug-likeness (QED) is 0.575. The molecule has 0 aliphatic carbocycles. The molecule has 2 aromatic carbocycles. The summed E-state index contributed by atoms with van der Waals surface area (Å²) in [4.78, 5) is 4.78. The predicted octanol–water partition coefficient (Wildman–Crippen LogP) is 4.08. The molecule has 0 aliphatic heterocycles. The van der Waals surface area contributed by atoms with Gasteiger partial charge in [-0.2, -0.15) is 5.10 Å². The van der Waals surface area contributed by atoms with E-state index < -0.39 is 0 Å². The van der Waals surface area contributed by atoms with Crippen LogP contribution in [0.25, 0.3) is 33.3 Å². The Balaban J connectivity index is 2.06. The highest BCUT2D eigenvalue weighted by Gasteiger charge is 2.15. The fourth-order valence-electron chi connectivity index (χ4n) is 2.73. The lowest BCUT2D eigenvalue weighted by atomic mass is 10.1. The molecule has 104 valence electrons. The van der Waals surface area contributed by atoms with E-state index in [1.54, 1.807) is 6.20 Å². The molecule has 4 nitrogen and oxygen atoms in total. The first kappa shape index (κ1) is 12.4. The maximum Gasteiger partial charge on any atom is 0.142 e. The maximum atomic E-state index is 6.44. The van der Waals surface area contributed by atoms with Crippen molar-refractivity contribution in [2.24, 2.45) is 7.05 Å². The van der Waals surface area contributed by atoms with E-state index in [1.807, 2.05) is 25.2 Å². The van der Waals surface area contributed by atoms with Crippen molar-refractivity contribution in [2.45, 2.75) is 6.92 Å². The molecule has 0 saturated heterocycles. The Morgan fingerprint density at radius 2 is 2.10 bits per heavy atom. The van der Waals surface area contributed by atoms with Gasteiger partial charge in [-0.25, -0.2) is 4.98 Å². The van der Waals surface area contributed by atoms with Gasteiger partial charge in [0.2, 0.25) is 0 Å². The molecule has 2 aromatic heterocycles. The molecular weight excluding hydrogens is 284 g/mol. The van der Waals surface area contributed by atoms with Crippen LogP contribution >= 0.6 is 11.6 Å². The molecule has 0 amide bonds. The zero-order valence-corrected chi connectivity index (χ0v) is 12.4. The number of hydrogen-bond donors (Lipinski definition) is 1. The summed E-state index contributed by atoms with van der Waals surface area (Å²) in [6.45, 7) is 2.07. The number of aryl methyl sites for hydroxylation is 2. The summed E-state index contributed by atoms with van der Waals surface area (Å²) in [5.74, 6) is 0.862. The van der Waals surface area contributed by atoms with Gasteiger partial charge in [0.25, 0.3) is 0 Å². The summed E-state index contributed by atoms with van der Waals surface area (Å²) in [7, 11) is 2.01. The second kappa shape index (κ2) is 4.33. The van der Waals surface area contributed by atoms with E-state index in [1.165, 1.54) is 0 Å². The molecule has 2 heterocycles. The van der Waals surface area contributed by atoms with Gasteiger partial charge in [-0.1, -0.05) is 23.7 Å². The monoisotopic (exact) mass is 296 g/mol. The Morgan fingerprint density at radius 1 is 1.24 bits per heavy atom. The van der Waals surface area contributed by atoms with Crippen LogP contribution < -0.4 is 0 Å². The van der Waals surface area contributed by atoms with Gasteiger partial charge in [-0.05, 0) is 30.7 Å². The second-order valence-electron chi connectivity index (χ2n) is 5.23. The molecule has 0 atom stereocenters. The minimum Gasteiger partial charge on any atom is -0.327 e. The molecule has 21 heavy (non-hydrogen) atoms. The summed E-state index contributed by atoms with van der Waals surface area (Å²) in [5.41, 5.74) is 5.14. The van der Waals surface area contributed by atoms with E-state index in [2.05, 4.69) is 33.8 Å². The van der Waals surface area contributed by atoms with Crippen LogP contribution in [0.1, 0.15) is 5.56 Å². The van der Waals surface area contributed by atoms with Crippen molar-refractivity contribution >= 4 is 33.5 Å². The van der Waals surface area contributed by atoms with Gasteiger partial charge in [0.15, 0.2) is 0 Å². The fourth-order valence-corrected chi connectivity index (χ4v) is 2.99. The predicted molar refractivity (Wildman–Crippen MR) is 85.5 cm³/mol. The number of halogens is 1. The van der Waals surface area contributed by atoms with Gasteiger partial charge >= 0.3 is 0 Å². The first-order valence-corrected chi connectivity index (χ1v) is 7.08. The Hall–Kier alpha value is -2.33. The first-order valence-electron chi connectivity index (χ1n) is 6.70. The van der Waals surface area contributed by atoms with Crippen LogP contribution in [0.4, 0.5) is 0 Å². The molecule has 0 saturated carbocycles. The number of aromatic amines is 1. The Bertz CT molecular complexity index is 981. The van der Waals surface area contributed by atoms with Crippen molar-refractivity contribution in [1.29, 1.82) is 0 Å². The Labute approximate surface area is 126 Å². The number of nitrogens with zero attached hydrogens (tertiary/aromatic N) is 3. The summed E-state index contributed by atoms with van der Waals surface area (Å²) in [6.07, 6.45) is 1.77. The number of benzene rings is 2. The standard InChI is InChI=1S/C16H13ClN4/c1-9-4-3-5-14-15(9)19-16(21(14)2)11-7-13-10(6-12(11)17)8-18-20-13/h3-8H,1-2H3,(H,18,20). The lowest BCUT2D eigenvalue weighted by molar-refractivity contribution is 0.959. The molecule has 4 aromatic rings. The number of nitrogens with one attached hydrogen (secondary N) is 1. The average Bonchev–Trinajstić information content (AvgIpc) is 3.04. The largest absolute Gasteiger partial charge is 0.327 e. The summed E-state index contributed by atoms with van der Waals surface area (Å²) >= 11 is 6.44. The fraction of sp³-hybridized carbons (Fsp3) is 0.125. The third-order valence-corrected chi connectivity index (χ3v) is 4.19. The van der Waals surface area contributed by atoms with Crippen molar-refractivity contribution in [1.82, 2.24) is 19.7 Å². The second-order valence-corrected chi connectivity index (χ2v) is 5.63. The number of rotatable bonds is 1. The molecule has 0 aliphatic rings. The lowest BCUT2D eigenvalue weighted by Crippen LogP contribution is -1.93. The van der Waals surface area contributed by atoms with Gasteiger partial charge in [0, 0.05) is 18.0 Å². The van der Waals surface area contributed by atoms with E-state index in [4.69, 9.17) is 16.6 Å². The highest BCUT2D eigenvalue weighted by atomic mass is 35.5. The topological polar surface area (TPSA) is 46.5 Å². The molecule has 0 fully saturated rings. The molecule has 0 spiro atoms. The van der Waals surface area contributed by atoms with E-state index in [9.17, 15) is 0 Å². The van der Waals surface area contributed by atoms with E-state index in [0.29, 0.717) is 5.02 Å². The van der Waals surface area contributed by atoms with Gasteiger partial charge in [0.1, 0.15) is 5.82 Å². The number of para-hydroxylation sites is 1. The SMILES string of the molecule is Cc1cccc2c1nc(-c1cc3[nH]ncc3cc1Cl)n2C. The van der Waals surface area contributed by atoms with Crippen LogP contribution in [0.15, 0.2) is 36.5 Å². The van der Waals surface area contributed by atoms with Crippen molar-refractivity contribution < 1.29 is 0 Å². The average molecular weight is 297 g/mol. The number of H-pyrrole nitrogens is 1. The van der Waals surface area contributed by atoms with Crippen molar-refractivity contribution in [3.8, 4) is 11.4 Å². The van der Waals surface area contributed by atoms with E-state index >= 15 is 0 Å². The number of aromatic nitrogens is 4. The lowest BCUT2D eigenvalue weighted by Gasteiger charge is -2.05. The third kappa shape index (κ3) is 1.76. The molecule has 0 unspecified atom stereocenters. The summed E-state index contributed by atoms with van der Waals surface area (Å²) < 4.78 is 2.08. The van der Waals surface area contributed by atoms with E-state index in [0.717, 1.165) is 38.9 Å². The Kier molecular flexibility index (Phi) is 2.56. The summed E-state index contributed by atoms with van der Waals surface area (Å²) in [5, 5.41) is 8.70. The molecule has 4 rings (SSSR count). The highest BCUT2D eigenvalue weighted by molar-refractivity contribution is 6.34. The van der Waals surface area contributed by atoms with Crippen LogP contribution in [-0.4, -0.2) is 19.7 Å². The molecule has 5 heteroatoms. The summed E-state index contributed by atoms with van der Waals surface area (Å²) in [6, 6.07) is 10.1. The van der Waals surface area contributed by atoms with Gasteiger partial charge in [-0.3, -0.25) is 5.10 Å². The third-order valence-electron chi connectivity index (χ3n) is 3.88. The van der Waals surface area contributed by atoms with Crippen LogP contribution in [0.2, 0.25) is 5.02 Å². The van der Waals surface area contributed by atoms with E-state index in [-0.39, 0.29) is 0 Å².